The van der Waals surface area contributed by atoms with Crippen LogP contribution in [-0.2, 0) is 5.72 Å². The van der Waals surface area contributed by atoms with Gasteiger partial charge in [0.2, 0.25) is 5.82 Å². The van der Waals surface area contributed by atoms with Crippen LogP contribution in [0.25, 0.3) is 0 Å². The van der Waals surface area contributed by atoms with Crippen LogP contribution in [0, 0.1) is 0 Å². The Morgan fingerprint density at radius 3 is 2.60 bits per heavy atom. The normalized spacial score (nSPS) is 16.6. The zero-order valence-electron chi connectivity index (χ0n) is 19.3. The smallest absolute Gasteiger partial charge is 0.336 e. The Bertz CT molecular complexity index is 1180. The van der Waals surface area contributed by atoms with Crippen molar-refractivity contribution in [2.45, 2.75) is 44.8 Å². The zero-order valence-corrected chi connectivity index (χ0v) is 19.3. The SMILES string of the molecule is CCCCCCCOc1ccc(C(=O)c2c(C(=O)O)ccc3c2OC(N)(c2nn[nH]n2)CO3)cc1. The van der Waals surface area contributed by atoms with Crippen molar-refractivity contribution in [1.82, 2.24) is 20.6 Å². The highest BCUT2D eigenvalue weighted by Gasteiger charge is 2.42. The average Bonchev–Trinajstić information content (AvgIpc) is 3.41. The number of ether oxygens (including phenoxy) is 3. The fraction of sp³-hybridized carbons (Fsp3) is 0.375. The number of hydrogen-bond acceptors (Lipinski definition) is 9. The van der Waals surface area contributed by atoms with Crippen LogP contribution in [0.15, 0.2) is 36.4 Å². The van der Waals surface area contributed by atoms with Crippen LogP contribution < -0.4 is 19.9 Å². The predicted octanol–water partition coefficient (Wildman–Crippen LogP) is 3.06. The Labute approximate surface area is 201 Å². The molecule has 1 aromatic heterocycles. The summed E-state index contributed by atoms with van der Waals surface area (Å²) in [5.41, 5.74) is 4.43. The van der Waals surface area contributed by atoms with E-state index in [9.17, 15) is 14.7 Å². The van der Waals surface area contributed by atoms with Crippen molar-refractivity contribution in [3.63, 3.8) is 0 Å². The van der Waals surface area contributed by atoms with Gasteiger partial charge in [-0.25, -0.2) is 4.79 Å². The Morgan fingerprint density at radius 1 is 1.14 bits per heavy atom. The highest BCUT2D eigenvalue weighted by Crippen LogP contribution is 2.42. The Morgan fingerprint density at radius 2 is 1.91 bits per heavy atom. The van der Waals surface area contributed by atoms with E-state index in [2.05, 4.69) is 27.5 Å². The molecule has 2 heterocycles. The van der Waals surface area contributed by atoms with Gasteiger partial charge >= 0.3 is 5.97 Å². The van der Waals surface area contributed by atoms with E-state index in [0.717, 1.165) is 12.8 Å². The molecule has 3 aromatic rings. The lowest BCUT2D eigenvalue weighted by Gasteiger charge is -2.33. The molecule has 0 saturated heterocycles. The number of carboxylic acids is 1. The predicted molar refractivity (Wildman–Crippen MR) is 124 cm³/mol. The monoisotopic (exact) mass is 481 g/mol. The van der Waals surface area contributed by atoms with Gasteiger partial charge in [0.25, 0.3) is 5.72 Å². The van der Waals surface area contributed by atoms with Crippen LogP contribution in [0.1, 0.15) is 71.1 Å². The Kier molecular flexibility index (Phi) is 7.25. The third kappa shape index (κ3) is 5.24. The molecule has 0 bridgehead atoms. The topological polar surface area (TPSA) is 163 Å². The maximum Gasteiger partial charge on any atom is 0.336 e. The van der Waals surface area contributed by atoms with Crippen LogP contribution in [0.2, 0.25) is 0 Å². The summed E-state index contributed by atoms with van der Waals surface area (Å²) in [7, 11) is 0. The maximum atomic E-state index is 13.5. The van der Waals surface area contributed by atoms with Crippen molar-refractivity contribution in [3.8, 4) is 17.2 Å². The van der Waals surface area contributed by atoms with Crippen molar-refractivity contribution >= 4 is 11.8 Å². The number of carbonyl (C=O) groups is 2. The lowest BCUT2D eigenvalue weighted by molar-refractivity contribution is -0.0155. The van der Waals surface area contributed by atoms with Crippen molar-refractivity contribution in [2.75, 3.05) is 13.2 Å². The second-order valence-corrected chi connectivity index (χ2v) is 8.25. The summed E-state index contributed by atoms with van der Waals surface area (Å²) in [5, 5.41) is 23.2. The fourth-order valence-corrected chi connectivity index (χ4v) is 3.77. The van der Waals surface area contributed by atoms with E-state index >= 15 is 0 Å². The first-order valence-corrected chi connectivity index (χ1v) is 11.5. The first-order valence-electron chi connectivity index (χ1n) is 11.5. The number of H-pyrrole nitrogens is 1. The number of nitrogens with one attached hydrogen (secondary N) is 1. The molecule has 1 atom stereocenters. The van der Waals surface area contributed by atoms with Gasteiger partial charge in [0.05, 0.1) is 17.7 Å². The largest absolute Gasteiger partial charge is 0.494 e. The van der Waals surface area contributed by atoms with E-state index in [1.54, 1.807) is 24.3 Å². The molecule has 1 aliphatic rings. The molecular formula is C24H27N5O6. The Balaban J connectivity index is 1.57. The highest BCUT2D eigenvalue weighted by molar-refractivity contribution is 6.16. The van der Waals surface area contributed by atoms with Gasteiger partial charge in [-0.2, -0.15) is 5.21 Å². The molecule has 184 valence electrons. The molecular weight excluding hydrogens is 454 g/mol. The van der Waals surface area contributed by atoms with Gasteiger partial charge in [0.15, 0.2) is 17.3 Å². The molecule has 4 N–H and O–H groups in total. The minimum Gasteiger partial charge on any atom is -0.494 e. The number of aromatic nitrogens is 4. The minimum atomic E-state index is -1.67. The molecule has 0 saturated carbocycles. The molecule has 35 heavy (non-hydrogen) atoms. The maximum absolute atomic E-state index is 13.5. The van der Waals surface area contributed by atoms with E-state index in [1.165, 1.54) is 31.4 Å². The number of nitrogens with zero attached hydrogens (tertiary/aromatic N) is 3. The summed E-state index contributed by atoms with van der Waals surface area (Å²) in [6, 6.07) is 9.24. The molecule has 0 radical (unpaired) electrons. The second-order valence-electron chi connectivity index (χ2n) is 8.25. The second kappa shape index (κ2) is 10.5. The number of nitrogens with two attached hydrogens (primary N) is 1. The van der Waals surface area contributed by atoms with E-state index in [-0.39, 0.29) is 40.6 Å². The number of fused-ring (bicyclic) bond motifs is 1. The first kappa shape index (κ1) is 24.1. The van der Waals surface area contributed by atoms with E-state index in [0.29, 0.717) is 12.4 Å². The van der Waals surface area contributed by atoms with Gasteiger partial charge < -0.3 is 19.3 Å². The van der Waals surface area contributed by atoms with Crippen LogP contribution in [0.3, 0.4) is 0 Å². The quantitative estimate of drug-likeness (QED) is 0.274. The summed E-state index contributed by atoms with van der Waals surface area (Å²) in [6.07, 6.45) is 5.65. The molecule has 1 unspecified atom stereocenters. The molecule has 0 aliphatic carbocycles. The van der Waals surface area contributed by atoms with E-state index < -0.39 is 17.5 Å². The molecule has 0 spiro atoms. The van der Waals surface area contributed by atoms with Gasteiger partial charge in [-0.15, -0.1) is 10.2 Å². The van der Waals surface area contributed by atoms with Crippen LogP contribution in [0.4, 0.5) is 0 Å². The molecule has 11 heteroatoms. The first-order chi connectivity index (χ1) is 16.9. The third-order valence-electron chi connectivity index (χ3n) is 5.66. The third-order valence-corrected chi connectivity index (χ3v) is 5.66. The van der Waals surface area contributed by atoms with Crippen LogP contribution in [0.5, 0.6) is 17.2 Å². The number of benzene rings is 2. The van der Waals surface area contributed by atoms with Crippen LogP contribution >= 0.6 is 0 Å². The van der Waals surface area contributed by atoms with E-state index in [1.807, 2.05) is 0 Å². The van der Waals surface area contributed by atoms with Crippen molar-refractivity contribution < 1.29 is 28.9 Å². The van der Waals surface area contributed by atoms with Crippen molar-refractivity contribution in [1.29, 1.82) is 0 Å². The van der Waals surface area contributed by atoms with Gasteiger partial charge in [-0.3, -0.25) is 10.5 Å². The fourth-order valence-electron chi connectivity index (χ4n) is 3.77. The molecule has 0 fully saturated rings. The number of rotatable bonds is 11. The van der Waals surface area contributed by atoms with E-state index in [4.69, 9.17) is 19.9 Å². The summed E-state index contributed by atoms with van der Waals surface area (Å²) in [5.74, 6) is -1.14. The van der Waals surface area contributed by atoms with Crippen LogP contribution in [-0.4, -0.2) is 50.7 Å². The number of aromatic carboxylic acids is 1. The molecule has 0 amide bonds. The number of aromatic amines is 1. The van der Waals surface area contributed by atoms with Crippen molar-refractivity contribution in [2.24, 2.45) is 5.73 Å². The lowest BCUT2D eigenvalue weighted by Crippen LogP contribution is -2.51. The summed E-state index contributed by atoms with van der Waals surface area (Å²) in [6.45, 7) is 2.60. The Hall–Kier alpha value is -3.99. The molecule has 2 aromatic carbocycles. The average molecular weight is 482 g/mol. The lowest BCUT2D eigenvalue weighted by atomic mass is 9.96. The number of carboxylic acid groups (broad SMARTS) is 1. The highest BCUT2D eigenvalue weighted by atomic mass is 16.6. The van der Waals surface area contributed by atoms with Gasteiger partial charge in [0.1, 0.15) is 12.4 Å². The summed E-state index contributed by atoms with van der Waals surface area (Å²) >= 11 is 0. The standard InChI is InChI=1S/C24H27N5O6/c1-2-3-4-5-6-13-33-16-9-7-15(8-10-16)20(30)19-17(22(31)32)11-12-18-21(19)35-24(25,14-34-18)23-26-28-29-27-23/h7-12H,2-6,13-14,25H2,1H3,(H,31,32)(H,26,27,28,29). The number of carbonyl (C=O) groups excluding carboxylic acids is 1. The zero-order chi connectivity index (χ0) is 24.8. The van der Waals surface area contributed by atoms with Gasteiger partial charge in [-0.05, 0) is 48.0 Å². The number of ketones is 1. The minimum absolute atomic E-state index is 0.00141. The van der Waals surface area contributed by atoms with Gasteiger partial charge in [-0.1, -0.05) is 32.6 Å². The summed E-state index contributed by atoms with van der Waals surface area (Å²) in [4.78, 5) is 25.4. The molecule has 11 nitrogen and oxygen atoms in total. The number of unbranched alkanes of at least 4 members (excludes halogenated alkanes) is 4. The molecule has 1 aliphatic heterocycles. The molecule has 4 rings (SSSR count). The summed E-state index contributed by atoms with van der Waals surface area (Å²) < 4.78 is 17.3. The van der Waals surface area contributed by atoms with Crippen molar-refractivity contribution in [3.05, 3.63) is 58.9 Å². The van der Waals surface area contributed by atoms with Gasteiger partial charge in [0, 0.05) is 5.56 Å². The number of tetrazole rings is 1. The number of hydrogen-bond donors (Lipinski definition) is 3.